The lowest BCUT2D eigenvalue weighted by molar-refractivity contribution is -0.128. The van der Waals surface area contributed by atoms with Crippen LogP contribution in [0.15, 0.2) is 41.1 Å². The number of nitrogens with zero attached hydrogens (tertiary/aromatic N) is 2. The number of hydrogen-bond acceptors (Lipinski definition) is 3. The minimum atomic E-state index is 0.213. The van der Waals surface area contributed by atoms with Crippen LogP contribution >= 0.6 is 11.6 Å². The molecule has 0 aromatic carbocycles. The van der Waals surface area contributed by atoms with Crippen LogP contribution in [0.4, 0.5) is 0 Å². The monoisotopic (exact) mass is 309 g/mol. The van der Waals surface area contributed by atoms with E-state index in [1.807, 2.05) is 11.1 Å². The molecule has 1 saturated heterocycles. The number of alkyl halides is 1. The zero-order chi connectivity index (χ0) is 15.5. The van der Waals surface area contributed by atoms with Gasteiger partial charge in [-0.25, -0.2) is 0 Å². The van der Waals surface area contributed by atoms with Gasteiger partial charge in [-0.2, -0.15) is 5.10 Å². The predicted octanol–water partition coefficient (Wildman–Crippen LogP) is 2.87. The number of carbonyl (C=O) groups excluding carboxylic acids is 1. The van der Waals surface area contributed by atoms with Gasteiger partial charge in [0.05, 0.1) is 12.6 Å². The van der Waals surface area contributed by atoms with Crippen LogP contribution in [-0.4, -0.2) is 42.5 Å². The second-order valence-corrected chi connectivity index (χ2v) is 4.88. The molecule has 1 N–H and O–H groups in total. The first-order valence-electron chi connectivity index (χ1n) is 7.20. The molecular weight excluding hydrogens is 286 g/mol. The summed E-state index contributed by atoms with van der Waals surface area (Å²) in [6, 6.07) is 0.213. The summed E-state index contributed by atoms with van der Waals surface area (Å²) in [5.41, 5.74) is 4.18. The lowest BCUT2D eigenvalue weighted by Crippen LogP contribution is -2.39. The van der Waals surface area contributed by atoms with E-state index in [4.69, 9.17) is 0 Å². The number of hydrogen-bond donors (Lipinski definition) is 1. The molecule has 21 heavy (non-hydrogen) atoms. The summed E-state index contributed by atoms with van der Waals surface area (Å²) in [6.45, 7) is 3.79. The Morgan fingerprint density at radius 3 is 2.81 bits per heavy atom. The fraction of sp³-hybridized carbons (Fsp3) is 0.500. The summed E-state index contributed by atoms with van der Waals surface area (Å²) >= 11 is 4.64. The molecular formula is C16H24ClN3O. The molecule has 0 radical (unpaired) electrons. The molecule has 1 amide bonds. The van der Waals surface area contributed by atoms with E-state index in [1.165, 1.54) is 12.0 Å². The Morgan fingerprint density at radius 1 is 1.38 bits per heavy atom. The maximum absolute atomic E-state index is 11.2. The molecule has 4 nitrogen and oxygen atoms in total. The fourth-order valence-electron chi connectivity index (χ4n) is 2.23. The molecule has 1 atom stereocenters. The molecule has 3 aliphatic rings. The van der Waals surface area contributed by atoms with Crippen molar-refractivity contribution in [2.24, 2.45) is 5.10 Å². The van der Waals surface area contributed by atoms with Gasteiger partial charge in [0, 0.05) is 25.6 Å². The second kappa shape index (κ2) is 10.2. The smallest absolute Gasteiger partial charge is 0.223 e. The van der Waals surface area contributed by atoms with E-state index in [0.29, 0.717) is 6.42 Å². The molecule has 0 spiro atoms. The number of nitrogens with one attached hydrogen (secondary N) is 1. The van der Waals surface area contributed by atoms with Gasteiger partial charge in [-0.3, -0.25) is 4.79 Å². The highest BCUT2D eigenvalue weighted by molar-refractivity contribution is 6.15. The minimum absolute atomic E-state index is 0.213. The molecule has 1 fully saturated rings. The van der Waals surface area contributed by atoms with E-state index in [1.54, 1.807) is 0 Å². The first-order valence-corrected chi connectivity index (χ1v) is 7.96. The van der Waals surface area contributed by atoms with Crippen LogP contribution in [0.5, 0.6) is 0 Å². The van der Waals surface area contributed by atoms with Crippen molar-refractivity contribution in [1.29, 1.82) is 0 Å². The average molecular weight is 310 g/mol. The minimum Gasteiger partial charge on any atom is -0.333 e. The van der Waals surface area contributed by atoms with Gasteiger partial charge in [-0.1, -0.05) is 36.0 Å². The number of hydrazone groups is 1. The largest absolute Gasteiger partial charge is 0.333 e. The van der Waals surface area contributed by atoms with Crippen LogP contribution in [-0.2, 0) is 4.79 Å². The van der Waals surface area contributed by atoms with Crippen LogP contribution in [0.25, 0.3) is 0 Å². The Balaban J connectivity index is 0.000000196. The van der Waals surface area contributed by atoms with E-state index >= 15 is 0 Å². The highest BCUT2D eigenvalue weighted by Crippen LogP contribution is 2.13. The molecule has 2 aliphatic heterocycles. The standard InChI is InChI=1S/C8H10.C7H11N3O.CH3Cl/c1-8-6-4-2-3-5-7-8;11-7-2-1-3-10(7)6-4-8-9-5-6;1-2/h2,4-7H,3H2,1H3;4,6,9H,1-3,5H2;1H3. The number of likely N-dealkylation sites (tertiary alicyclic amines) is 1. The van der Waals surface area contributed by atoms with Crippen LogP contribution in [0.1, 0.15) is 26.2 Å². The summed E-state index contributed by atoms with van der Waals surface area (Å²) in [6.07, 6.45) is 16.7. The van der Waals surface area contributed by atoms with Crippen LogP contribution in [0.3, 0.4) is 0 Å². The number of allylic oxidation sites excluding steroid dienone is 6. The molecule has 0 aromatic heterocycles. The van der Waals surface area contributed by atoms with Gasteiger partial charge >= 0.3 is 0 Å². The van der Waals surface area contributed by atoms with Crippen molar-refractivity contribution in [2.75, 3.05) is 19.5 Å². The zero-order valence-corrected chi connectivity index (χ0v) is 13.5. The number of rotatable bonds is 1. The Hall–Kier alpha value is -1.55. The number of halogens is 1. The molecule has 1 unspecified atom stereocenters. The fourth-order valence-corrected chi connectivity index (χ4v) is 2.23. The Morgan fingerprint density at radius 2 is 2.19 bits per heavy atom. The van der Waals surface area contributed by atoms with Gasteiger partial charge in [-0.05, 0) is 19.8 Å². The van der Waals surface area contributed by atoms with Gasteiger partial charge in [-0.15, -0.1) is 11.6 Å². The molecule has 1 aliphatic carbocycles. The van der Waals surface area contributed by atoms with Crippen molar-refractivity contribution in [3.8, 4) is 0 Å². The molecule has 0 saturated carbocycles. The maximum atomic E-state index is 11.2. The summed E-state index contributed by atoms with van der Waals surface area (Å²) in [5, 5.41) is 3.87. The van der Waals surface area contributed by atoms with E-state index in [2.05, 4.69) is 59.4 Å². The molecule has 3 rings (SSSR count). The third-order valence-corrected chi connectivity index (χ3v) is 3.30. The quantitative estimate of drug-likeness (QED) is 0.757. The van der Waals surface area contributed by atoms with Gasteiger partial charge in [0.25, 0.3) is 0 Å². The van der Waals surface area contributed by atoms with Gasteiger partial charge in [0.1, 0.15) is 0 Å². The molecule has 116 valence electrons. The van der Waals surface area contributed by atoms with Crippen LogP contribution < -0.4 is 5.43 Å². The van der Waals surface area contributed by atoms with Crippen molar-refractivity contribution in [2.45, 2.75) is 32.2 Å². The normalized spacial score (nSPS) is 22.6. The molecule has 0 bridgehead atoms. The Labute approximate surface area is 132 Å². The topological polar surface area (TPSA) is 44.7 Å². The van der Waals surface area contributed by atoms with E-state index in [0.717, 1.165) is 25.9 Å². The lowest BCUT2D eigenvalue weighted by Gasteiger charge is -2.19. The van der Waals surface area contributed by atoms with Crippen molar-refractivity contribution in [3.63, 3.8) is 0 Å². The molecule has 2 heterocycles. The summed E-state index contributed by atoms with van der Waals surface area (Å²) in [4.78, 5) is 13.1. The molecule has 0 aromatic rings. The third-order valence-electron chi connectivity index (χ3n) is 3.30. The predicted molar refractivity (Wildman–Crippen MR) is 89.7 cm³/mol. The van der Waals surface area contributed by atoms with Gasteiger partial charge in [0.2, 0.25) is 5.91 Å². The third kappa shape index (κ3) is 6.17. The SMILES string of the molecule is CC1=CC=CCC=C1.CCl.O=C1CCCN1C1C=NNC1. The van der Waals surface area contributed by atoms with Crippen molar-refractivity contribution in [3.05, 3.63) is 36.0 Å². The van der Waals surface area contributed by atoms with Crippen molar-refractivity contribution in [1.82, 2.24) is 10.3 Å². The van der Waals surface area contributed by atoms with Crippen molar-refractivity contribution >= 4 is 23.7 Å². The first-order chi connectivity index (χ1) is 10.3. The number of amides is 1. The summed E-state index contributed by atoms with van der Waals surface area (Å²) in [5.74, 6) is 0.269. The highest BCUT2D eigenvalue weighted by atomic mass is 35.5. The lowest BCUT2D eigenvalue weighted by atomic mass is 10.3. The van der Waals surface area contributed by atoms with Crippen molar-refractivity contribution < 1.29 is 4.79 Å². The zero-order valence-electron chi connectivity index (χ0n) is 12.8. The van der Waals surface area contributed by atoms with Gasteiger partial charge < -0.3 is 10.3 Å². The Kier molecular flexibility index (Phi) is 8.51. The second-order valence-electron chi connectivity index (χ2n) is 4.88. The summed E-state index contributed by atoms with van der Waals surface area (Å²) in [7, 11) is 0. The number of carbonyl (C=O) groups is 1. The van der Waals surface area contributed by atoms with Crippen LogP contribution in [0.2, 0.25) is 0 Å². The first kappa shape index (κ1) is 17.5. The van der Waals surface area contributed by atoms with Crippen LogP contribution in [0, 0.1) is 0 Å². The van der Waals surface area contributed by atoms with E-state index in [9.17, 15) is 4.79 Å². The average Bonchev–Trinajstić information content (AvgIpc) is 3.11. The van der Waals surface area contributed by atoms with E-state index in [-0.39, 0.29) is 11.9 Å². The summed E-state index contributed by atoms with van der Waals surface area (Å²) < 4.78 is 0. The Bertz CT molecular complexity index is 441. The van der Waals surface area contributed by atoms with Gasteiger partial charge in [0.15, 0.2) is 0 Å². The molecule has 5 heteroatoms. The van der Waals surface area contributed by atoms with E-state index < -0.39 is 0 Å². The highest BCUT2D eigenvalue weighted by Gasteiger charge is 2.27. The maximum Gasteiger partial charge on any atom is 0.223 e.